The van der Waals surface area contributed by atoms with E-state index >= 15 is 0 Å². The molecule has 0 aromatic heterocycles. The van der Waals surface area contributed by atoms with Crippen molar-refractivity contribution < 1.29 is 18.0 Å². The minimum Gasteiger partial charge on any atom is -0.340 e. The lowest BCUT2D eigenvalue weighted by atomic mass is 10.1. The van der Waals surface area contributed by atoms with Gasteiger partial charge in [0.15, 0.2) is 5.78 Å². The van der Waals surface area contributed by atoms with Gasteiger partial charge in [-0.15, -0.1) is 0 Å². The first-order chi connectivity index (χ1) is 13.3. The van der Waals surface area contributed by atoms with Gasteiger partial charge < -0.3 is 4.90 Å². The second kappa shape index (κ2) is 8.24. The predicted octanol–water partition coefficient (Wildman–Crippen LogP) is 2.27. The number of rotatable bonds is 5. The summed E-state index contributed by atoms with van der Waals surface area (Å²) in [5.74, 6) is -0.0955. The minimum absolute atomic E-state index is 0.0113. The molecule has 1 saturated heterocycles. The number of carbonyl (C=O) groups is 2. The van der Waals surface area contributed by atoms with Crippen LogP contribution in [-0.4, -0.2) is 55.5 Å². The molecular formula is C21H24N2O4S. The molecule has 0 N–H and O–H groups in total. The van der Waals surface area contributed by atoms with Crippen LogP contribution in [-0.2, 0) is 21.2 Å². The van der Waals surface area contributed by atoms with Crippen molar-refractivity contribution in [1.82, 2.24) is 9.21 Å². The van der Waals surface area contributed by atoms with Gasteiger partial charge >= 0.3 is 0 Å². The largest absolute Gasteiger partial charge is 0.340 e. The van der Waals surface area contributed by atoms with Crippen molar-refractivity contribution in [3.63, 3.8) is 0 Å². The van der Waals surface area contributed by atoms with Crippen molar-refractivity contribution in [1.29, 1.82) is 0 Å². The van der Waals surface area contributed by atoms with Gasteiger partial charge in [0.2, 0.25) is 15.9 Å². The van der Waals surface area contributed by atoms with E-state index in [1.165, 1.54) is 35.5 Å². The summed E-state index contributed by atoms with van der Waals surface area (Å²) < 4.78 is 27.0. The quantitative estimate of drug-likeness (QED) is 0.722. The highest BCUT2D eigenvalue weighted by Gasteiger charge is 2.30. The number of nitrogens with zero attached hydrogens (tertiary/aromatic N) is 2. The molecular weight excluding hydrogens is 376 g/mol. The third-order valence-corrected chi connectivity index (χ3v) is 7.01. The molecule has 0 unspecified atom stereocenters. The fraction of sp³-hybridized carbons (Fsp3) is 0.333. The Kier molecular flexibility index (Phi) is 5.96. The summed E-state index contributed by atoms with van der Waals surface area (Å²) in [5, 5.41) is 0. The Labute approximate surface area is 165 Å². The van der Waals surface area contributed by atoms with Crippen LogP contribution in [0.3, 0.4) is 0 Å². The molecule has 0 radical (unpaired) electrons. The number of ketones is 1. The summed E-state index contributed by atoms with van der Waals surface area (Å²) in [7, 11) is -3.64. The zero-order valence-electron chi connectivity index (χ0n) is 16.1. The first-order valence-corrected chi connectivity index (χ1v) is 10.7. The predicted molar refractivity (Wildman–Crippen MR) is 107 cm³/mol. The Morgan fingerprint density at radius 1 is 0.929 bits per heavy atom. The molecule has 0 atom stereocenters. The Morgan fingerprint density at radius 2 is 1.54 bits per heavy atom. The third kappa shape index (κ3) is 4.31. The number of amides is 1. The van der Waals surface area contributed by atoms with Crippen molar-refractivity contribution in [3.05, 3.63) is 65.2 Å². The number of piperazine rings is 1. The Bertz CT molecular complexity index is 976. The lowest BCUT2D eigenvalue weighted by Crippen LogP contribution is -2.50. The van der Waals surface area contributed by atoms with Crippen LogP contribution in [0.1, 0.15) is 28.4 Å². The van der Waals surface area contributed by atoms with Gasteiger partial charge in [0.05, 0.1) is 11.3 Å². The molecule has 7 heteroatoms. The average Bonchev–Trinajstić information content (AvgIpc) is 2.70. The highest BCUT2D eigenvalue weighted by Crippen LogP contribution is 2.19. The van der Waals surface area contributed by atoms with Gasteiger partial charge in [-0.2, -0.15) is 4.31 Å². The summed E-state index contributed by atoms with van der Waals surface area (Å²) in [6, 6.07) is 13.7. The zero-order chi connectivity index (χ0) is 20.3. The van der Waals surface area contributed by atoms with Crippen LogP contribution in [0.4, 0.5) is 0 Å². The molecule has 2 aromatic rings. The monoisotopic (exact) mass is 400 g/mol. The highest BCUT2D eigenvalue weighted by molar-refractivity contribution is 7.89. The minimum atomic E-state index is -3.64. The van der Waals surface area contributed by atoms with E-state index in [4.69, 9.17) is 0 Å². The maximum absolute atomic E-state index is 12.8. The van der Waals surface area contributed by atoms with Crippen LogP contribution in [0, 0.1) is 6.92 Å². The fourth-order valence-electron chi connectivity index (χ4n) is 3.27. The lowest BCUT2D eigenvalue weighted by molar-refractivity contribution is -0.131. The fourth-order valence-corrected chi connectivity index (χ4v) is 4.69. The van der Waals surface area contributed by atoms with Crippen LogP contribution in [0.15, 0.2) is 53.4 Å². The first-order valence-electron chi connectivity index (χ1n) is 9.22. The summed E-state index contributed by atoms with van der Waals surface area (Å²) in [6.07, 6.45) is 0.325. The maximum Gasteiger partial charge on any atom is 0.243 e. The van der Waals surface area contributed by atoms with Gasteiger partial charge in [0.1, 0.15) is 0 Å². The van der Waals surface area contributed by atoms with Crippen LogP contribution in [0.25, 0.3) is 0 Å². The molecule has 148 valence electrons. The van der Waals surface area contributed by atoms with E-state index in [-0.39, 0.29) is 29.7 Å². The van der Waals surface area contributed by atoms with E-state index in [9.17, 15) is 18.0 Å². The maximum atomic E-state index is 12.8. The van der Waals surface area contributed by atoms with Gasteiger partial charge in [0.25, 0.3) is 0 Å². The normalized spacial score (nSPS) is 15.4. The number of aryl methyl sites for hydroxylation is 1. The number of carbonyl (C=O) groups excluding carboxylic acids is 2. The van der Waals surface area contributed by atoms with Crippen LogP contribution in [0.2, 0.25) is 0 Å². The number of benzene rings is 2. The van der Waals surface area contributed by atoms with Crippen LogP contribution >= 0.6 is 0 Å². The molecule has 1 aliphatic rings. The molecule has 3 rings (SSSR count). The van der Waals surface area contributed by atoms with Crippen LogP contribution < -0.4 is 0 Å². The Morgan fingerprint density at radius 3 is 2.11 bits per heavy atom. The number of hydrogen-bond donors (Lipinski definition) is 0. The molecule has 0 saturated carbocycles. The van der Waals surface area contributed by atoms with Gasteiger partial charge in [-0.25, -0.2) is 8.42 Å². The van der Waals surface area contributed by atoms with Crippen molar-refractivity contribution in [3.8, 4) is 0 Å². The van der Waals surface area contributed by atoms with Gasteiger partial charge in [-0.1, -0.05) is 36.4 Å². The van der Waals surface area contributed by atoms with E-state index in [2.05, 4.69) is 0 Å². The van der Waals surface area contributed by atoms with E-state index in [1.807, 2.05) is 31.2 Å². The topological polar surface area (TPSA) is 74.8 Å². The van der Waals surface area contributed by atoms with Crippen molar-refractivity contribution in [2.45, 2.75) is 25.2 Å². The Hall–Kier alpha value is -2.51. The number of Topliss-reactive ketones (excluding diaryl/α,β-unsaturated/α-hetero) is 1. The molecule has 0 bridgehead atoms. The summed E-state index contributed by atoms with van der Waals surface area (Å²) in [5.41, 5.74) is 2.55. The molecule has 28 heavy (non-hydrogen) atoms. The summed E-state index contributed by atoms with van der Waals surface area (Å²) in [4.78, 5) is 25.8. The summed E-state index contributed by atoms with van der Waals surface area (Å²) in [6.45, 7) is 4.68. The van der Waals surface area contributed by atoms with Crippen molar-refractivity contribution in [2.24, 2.45) is 0 Å². The molecule has 0 aliphatic carbocycles. The van der Waals surface area contributed by atoms with E-state index < -0.39 is 10.0 Å². The lowest BCUT2D eigenvalue weighted by Gasteiger charge is -2.34. The van der Waals surface area contributed by atoms with Crippen molar-refractivity contribution in [2.75, 3.05) is 26.2 Å². The standard InChI is InChI=1S/C21H24N2O4S/c1-16-5-3-4-6-19(16)15-21(25)22-11-13-23(14-12-22)28(26,27)20-9-7-18(8-10-20)17(2)24/h3-10H,11-15H2,1-2H3. The molecule has 1 aliphatic heterocycles. The molecule has 0 spiro atoms. The third-order valence-electron chi connectivity index (χ3n) is 5.09. The molecule has 1 fully saturated rings. The first kappa shape index (κ1) is 20.2. The van der Waals surface area contributed by atoms with Crippen molar-refractivity contribution >= 4 is 21.7 Å². The highest BCUT2D eigenvalue weighted by atomic mass is 32.2. The molecule has 1 amide bonds. The van der Waals surface area contributed by atoms with E-state index in [0.717, 1.165) is 11.1 Å². The summed E-state index contributed by atoms with van der Waals surface area (Å²) >= 11 is 0. The second-order valence-electron chi connectivity index (χ2n) is 6.97. The smallest absolute Gasteiger partial charge is 0.243 e. The van der Waals surface area contributed by atoms with Gasteiger partial charge in [-0.05, 0) is 37.1 Å². The Balaban J connectivity index is 1.63. The molecule has 6 nitrogen and oxygen atoms in total. The van der Waals surface area contributed by atoms with E-state index in [0.29, 0.717) is 25.1 Å². The number of sulfonamides is 1. The molecule has 2 aromatic carbocycles. The zero-order valence-corrected chi connectivity index (χ0v) is 16.9. The van der Waals surface area contributed by atoms with Crippen LogP contribution in [0.5, 0.6) is 0 Å². The SMILES string of the molecule is CC(=O)c1ccc(S(=O)(=O)N2CCN(C(=O)Cc3ccccc3C)CC2)cc1. The average molecular weight is 401 g/mol. The van der Waals surface area contributed by atoms with Gasteiger partial charge in [0, 0.05) is 31.7 Å². The number of hydrogen-bond acceptors (Lipinski definition) is 4. The van der Waals surface area contributed by atoms with E-state index in [1.54, 1.807) is 4.90 Å². The van der Waals surface area contributed by atoms with Gasteiger partial charge in [-0.3, -0.25) is 9.59 Å². The molecule has 1 heterocycles. The second-order valence-corrected chi connectivity index (χ2v) is 8.91.